The second-order valence-electron chi connectivity index (χ2n) is 7.05. The second-order valence-corrected chi connectivity index (χ2v) is 7.05. The van der Waals surface area contributed by atoms with Crippen LogP contribution in [-0.4, -0.2) is 41.7 Å². The van der Waals surface area contributed by atoms with Crippen LogP contribution in [0.5, 0.6) is 11.5 Å². The van der Waals surface area contributed by atoms with Gasteiger partial charge in [-0.2, -0.15) is 4.98 Å². The van der Waals surface area contributed by atoms with Crippen LogP contribution in [0.25, 0.3) is 11.4 Å². The predicted octanol–water partition coefficient (Wildman–Crippen LogP) is 4.04. The van der Waals surface area contributed by atoms with E-state index in [1.54, 1.807) is 37.3 Å². The summed E-state index contributed by atoms with van der Waals surface area (Å²) in [7, 11) is 3.12. The highest BCUT2D eigenvalue weighted by Crippen LogP contribution is 2.35. The normalized spacial score (nSPS) is 16.1. The number of amides is 1. The Bertz CT molecular complexity index is 1030. The summed E-state index contributed by atoms with van der Waals surface area (Å²) in [5.74, 6) is 1.98. The highest BCUT2D eigenvalue weighted by atomic mass is 16.5. The Hall–Kier alpha value is -3.35. The zero-order chi connectivity index (χ0) is 20.4. The van der Waals surface area contributed by atoms with E-state index in [1.807, 2.05) is 31.2 Å². The molecule has 0 saturated carbocycles. The fourth-order valence-corrected chi connectivity index (χ4v) is 3.67. The molecule has 0 bridgehead atoms. The monoisotopic (exact) mass is 393 g/mol. The highest BCUT2D eigenvalue weighted by molar-refractivity contribution is 5.97. The van der Waals surface area contributed by atoms with Crippen LogP contribution in [-0.2, 0) is 0 Å². The first-order valence-corrected chi connectivity index (χ1v) is 9.54. The van der Waals surface area contributed by atoms with Gasteiger partial charge in [-0.3, -0.25) is 4.79 Å². The molecule has 29 heavy (non-hydrogen) atoms. The van der Waals surface area contributed by atoms with Crippen LogP contribution in [0.15, 0.2) is 47.0 Å². The van der Waals surface area contributed by atoms with Gasteiger partial charge in [0.1, 0.15) is 17.5 Å². The average Bonchev–Trinajstić information content (AvgIpc) is 3.42. The van der Waals surface area contributed by atoms with Crippen molar-refractivity contribution in [3.05, 3.63) is 59.5 Å². The molecule has 2 heterocycles. The molecule has 0 spiro atoms. The van der Waals surface area contributed by atoms with Crippen molar-refractivity contribution in [1.29, 1.82) is 0 Å². The zero-order valence-electron chi connectivity index (χ0n) is 16.7. The minimum atomic E-state index is -0.250. The summed E-state index contributed by atoms with van der Waals surface area (Å²) >= 11 is 0. The Balaban J connectivity index is 1.61. The van der Waals surface area contributed by atoms with E-state index in [-0.39, 0.29) is 11.9 Å². The van der Waals surface area contributed by atoms with Crippen molar-refractivity contribution in [2.24, 2.45) is 0 Å². The molecule has 1 amide bonds. The summed E-state index contributed by atoms with van der Waals surface area (Å²) in [6.07, 6.45) is 1.65. The Morgan fingerprint density at radius 2 is 2.03 bits per heavy atom. The smallest absolute Gasteiger partial charge is 0.258 e. The molecule has 1 atom stereocenters. The van der Waals surface area contributed by atoms with Gasteiger partial charge >= 0.3 is 0 Å². The fourth-order valence-electron chi connectivity index (χ4n) is 3.67. The number of rotatable bonds is 5. The van der Waals surface area contributed by atoms with Crippen molar-refractivity contribution in [1.82, 2.24) is 15.0 Å². The summed E-state index contributed by atoms with van der Waals surface area (Å²) in [6.45, 7) is 2.64. The lowest BCUT2D eigenvalue weighted by Crippen LogP contribution is -2.31. The molecule has 0 N–H and O–H groups in total. The van der Waals surface area contributed by atoms with Crippen molar-refractivity contribution in [3.63, 3.8) is 0 Å². The number of nitrogens with zero attached hydrogens (tertiary/aromatic N) is 3. The van der Waals surface area contributed by atoms with E-state index >= 15 is 0 Å². The van der Waals surface area contributed by atoms with Crippen LogP contribution < -0.4 is 9.47 Å². The summed E-state index contributed by atoms with van der Waals surface area (Å²) in [4.78, 5) is 19.6. The lowest BCUT2D eigenvalue weighted by molar-refractivity contribution is 0.0706. The SMILES string of the molecule is COc1ccc(C(=O)N2CCC[C@@H]2c2nc(-c3cccc(C)c3)no2)c(OC)c1. The largest absolute Gasteiger partial charge is 0.497 e. The van der Waals surface area contributed by atoms with Gasteiger partial charge in [0, 0.05) is 18.2 Å². The number of carbonyl (C=O) groups excluding carboxylic acids is 1. The van der Waals surface area contributed by atoms with Crippen molar-refractivity contribution in [2.75, 3.05) is 20.8 Å². The third-order valence-corrected chi connectivity index (χ3v) is 5.16. The Morgan fingerprint density at radius 1 is 1.17 bits per heavy atom. The molecule has 0 radical (unpaired) electrons. The molecule has 0 unspecified atom stereocenters. The molecule has 0 aliphatic carbocycles. The minimum absolute atomic E-state index is 0.123. The van der Waals surface area contributed by atoms with Gasteiger partial charge in [-0.05, 0) is 38.0 Å². The molecule has 1 fully saturated rings. The molecule has 2 aromatic carbocycles. The first kappa shape index (κ1) is 19.0. The van der Waals surface area contributed by atoms with Crippen molar-refractivity contribution < 1.29 is 18.8 Å². The third-order valence-electron chi connectivity index (χ3n) is 5.16. The number of likely N-dealkylation sites (tertiary alicyclic amines) is 1. The fraction of sp³-hybridized carbons (Fsp3) is 0.318. The number of aryl methyl sites for hydroxylation is 1. The molecule has 4 rings (SSSR count). The van der Waals surface area contributed by atoms with Gasteiger partial charge in [0.2, 0.25) is 11.7 Å². The Labute approximate surface area is 169 Å². The van der Waals surface area contributed by atoms with E-state index in [1.165, 1.54) is 0 Å². The van der Waals surface area contributed by atoms with Gasteiger partial charge in [-0.25, -0.2) is 0 Å². The number of benzene rings is 2. The summed E-state index contributed by atoms with van der Waals surface area (Å²) in [5, 5.41) is 4.13. The van der Waals surface area contributed by atoms with Gasteiger partial charge in [0.15, 0.2) is 0 Å². The summed E-state index contributed by atoms with van der Waals surface area (Å²) in [5.41, 5.74) is 2.50. The molecule has 7 heteroatoms. The maximum absolute atomic E-state index is 13.2. The van der Waals surface area contributed by atoms with E-state index in [2.05, 4.69) is 10.1 Å². The first-order chi connectivity index (χ1) is 14.1. The summed E-state index contributed by atoms with van der Waals surface area (Å²) in [6, 6.07) is 12.9. The number of aromatic nitrogens is 2. The Kier molecular flexibility index (Phi) is 5.20. The number of methoxy groups -OCH3 is 2. The van der Waals surface area contributed by atoms with Gasteiger partial charge in [-0.15, -0.1) is 0 Å². The van der Waals surface area contributed by atoms with E-state index < -0.39 is 0 Å². The molecule has 1 saturated heterocycles. The van der Waals surface area contributed by atoms with E-state index in [0.29, 0.717) is 35.3 Å². The number of ether oxygens (including phenoxy) is 2. The molecule has 1 aliphatic heterocycles. The third kappa shape index (κ3) is 3.68. The van der Waals surface area contributed by atoms with Gasteiger partial charge < -0.3 is 18.9 Å². The lowest BCUT2D eigenvalue weighted by atomic mass is 10.1. The Morgan fingerprint density at radius 3 is 2.79 bits per heavy atom. The highest BCUT2D eigenvalue weighted by Gasteiger charge is 2.35. The molecular weight excluding hydrogens is 370 g/mol. The average molecular weight is 393 g/mol. The van der Waals surface area contributed by atoms with Crippen LogP contribution in [0.1, 0.15) is 40.7 Å². The van der Waals surface area contributed by atoms with Crippen molar-refractivity contribution in [3.8, 4) is 22.9 Å². The van der Waals surface area contributed by atoms with Crippen molar-refractivity contribution in [2.45, 2.75) is 25.8 Å². The van der Waals surface area contributed by atoms with Crippen LogP contribution in [0.4, 0.5) is 0 Å². The topological polar surface area (TPSA) is 77.7 Å². The van der Waals surface area contributed by atoms with E-state index in [0.717, 1.165) is 24.0 Å². The lowest BCUT2D eigenvalue weighted by Gasteiger charge is -2.23. The van der Waals surface area contributed by atoms with Crippen LogP contribution in [0, 0.1) is 6.92 Å². The van der Waals surface area contributed by atoms with Gasteiger partial charge in [-0.1, -0.05) is 28.9 Å². The number of hydrogen-bond acceptors (Lipinski definition) is 6. The molecule has 150 valence electrons. The number of hydrogen-bond donors (Lipinski definition) is 0. The second kappa shape index (κ2) is 7.95. The van der Waals surface area contributed by atoms with E-state index in [4.69, 9.17) is 14.0 Å². The van der Waals surface area contributed by atoms with Crippen LogP contribution in [0.3, 0.4) is 0 Å². The first-order valence-electron chi connectivity index (χ1n) is 9.54. The molecule has 7 nitrogen and oxygen atoms in total. The zero-order valence-corrected chi connectivity index (χ0v) is 16.7. The quantitative estimate of drug-likeness (QED) is 0.651. The molecule has 3 aromatic rings. The minimum Gasteiger partial charge on any atom is -0.497 e. The van der Waals surface area contributed by atoms with Gasteiger partial charge in [0.05, 0.1) is 19.8 Å². The van der Waals surface area contributed by atoms with E-state index in [9.17, 15) is 4.79 Å². The van der Waals surface area contributed by atoms with Crippen LogP contribution >= 0.6 is 0 Å². The predicted molar refractivity (Wildman–Crippen MR) is 107 cm³/mol. The number of carbonyl (C=O) groups is 1. The molecular formula is C22H23N3O4. The van der Waals surface area contributed by atoms with Crippen molar-refractivity contribution >= 4 is 5.91 Å². The maximum atomic E-state index is 13.2. The standard InChI is InChI=1S/C22H23N3O4/c1-14-6-4-7-15(12-14)20-23-21(29-24-20)18-8-5-11-25(18)22(26)17-10-9-16(27-2)13-19(17)28-3/h4,6-7,9-10,12-13,18H,5,8,11H2,1-3H3/t18-/m1/s1. The molecule has 1 aliphatic rings. The molecule has 1 aromatic heterocycles. The summed E-state index contributed by atoms with van der Waals surface area (Å²) < 4.78 is 16.2. The van der Waals surface area contributed by atoms with Crippen LogP contribution in [0.2, 0.25) is 0 Å². The maximum Gasteiger partial charge on any atom is 0.258 e. The van der Waals surface area contributed by atoms with Gasteiger partial charge in [0.25, 0.3) is 5.91 Å².